The van der Waals surface area contributed by atoms with Crippen LogP contribution in [0.5, 0.6) is 11.5 Å². The fourth-order valence-electron chi connectivity index (χ4n) is 2.15. The van der Waals surface area contributed by atoms with Gasteiger partial charge in [0.15, 0.2) is 11.5 Å². The molecule has 0 saturated carbocycles. The zero-order valence-electron chi connectivity index (χ0n) is 14.1. The van der Waals surface area contributed by atoms with Crippen LogP contribution in [0.1, 0.15) is 15.9 Å². The third kappa shape index (κ3) is 4.39. The molecule has 0 fully saturated rings. The molecule has 2 rings (SSSR count). The zero-order valence-corrected chi connectivity index (χ0v) is 14.1. The topological polar surface area (TPSA) is 109 Å². The lowest BCUT2D eigenvalue weighted by molar-refractivity contribution is -0.112. The Morgan fingerprint density at radius 1 is 1.08 bits per heavy atom. The molecule has 2 aromatic rings. The largest absolute Gasteiger partial charge is 0.493 e. The number of hydrogen-bond acceptors (Lipinski definition) is 5. The maximum atomic E-state index is 12.3. The number of benzene rings is 2. The van der Waals surface area contributed by atoms with Gasteiger partial charge in [0.2, 0.25) is 0 Å². The number of nitriles is 1. The van der Waals surface area contributed by atoms with Crippen molar-refractivity contribution in [3.63, 3.8) is 0 Å². The van der Waals surface area contributed by atoms with Gasteiger partial charge in [-0.15, -0.1) is 0 Å². The van der Waals surface area contributed by atoms with Crippen molar-refractivity contribution in [3.8, 4) is 17.6 Å². The number of carboxylic acid groups (broad SMARTS) is 1. The van der Waals surface area contributed by atoms with Crippen molar-refractivity contribution in [1.82, 2.24) is 0 Å². The van der Waals surface area contributed by atoms with Gasteiger partial charge in [-0.1, -0.05) is 6.07 Å². The first kappa shape index (κ1) is 18.5. The predicted molar refractivity (Wildman–Crippen MR) is 95.2 cm³/mol. The summed E-state index contributed by atoms with van der Waals surface area (Å²) in [5, 5.41) is 20.7. The Bertz CT molecular complexity index is 895. The fraction of sp³-hybridized carbons (Fsp3) is 0.105. The van der Waals surface area contributed by atoms with Gasteiger partial charge >= 0.3 is 5.97 Å². The average molecular weight is 352 g/mol. The lowest BCUT2D eigenvalue weighted by atomic mass is 10.1. The molecule has 0 unspecified atom stereocenters. The Kier molecular flexibility index (Phi) is 5.96. The standard InChI is InChI=1S/C19H16N2O5/c1-25-16-8-3-12(10-17(16)26-2)9-14(11-20)18(22)21-15-6-4-13(5-7-15)19(23)24/h3-10H,1-2H3,(H,21,22)(H,23,24)/b14-9-. The molecular weight excluding hydrogens is 336 g/mol. The molecule has 132 valence electrons. The van der Waals surface area contributed by atoms with Crippen LogP contribution < -0.4 is 14.8 Å². The van der Waals surface area contributed by atoms with Crippen molar-refractivity contribution >= 4 is 23.6 Å². The molecule has 2 aromatic carbocycles. The van der Waals surface area contributed by atoms with Gasteiger partial charge in [-0.25, -0.2) is 4.79 Å². The number of amides is 1. The van der Waals surface area contributed by atoms with E-state index in [1.165, 1.54) is 44.6 Å². The monoisotopic (exact) mass is 352 g/mol. The number of methoxy groups -OCH3 is 2. The summed E-state index contributed by atoms with van der Waals surface area (Å²) in [6.45, 7) is 0. The van der Waals surface area contributed by atoms with E-state index in [0.29, 0.717) is 22.7 Å². The van der Waals surface area contributed by atoms with Gasteiger partial charge in [0, 0.05) is 5.69 Å². The van der Waals surface area contributed by atoms with Crippen molar-refractivity contribution < 1.29 is 24.2 Å². The van der Waals surface area contributed by atoms with Gasteiger partial charge in [0.1, 0.15) is 11.6 Å². The quantitative estimate of drug-likeness (QED) is 0.611. The summed E-state index contributed by atoms with van der Waals surface area (Å²) in [5.41, 5.74) is 0.966. The summed E-state index contributed by atoms with van der Waals surface area (Å²) in [5.74, 6) is -0.659. The molecule has 0 aliphatic rings. The summed E-state index contributed by atoms with van der Waals surface area (Å²) in [6.07, 6.45) is 1.42. The van der Waals surface area contributed by atoms with Crippen LogP contribution in [0.25, 0.3) is 6.08 Å². The number of anilines is 1. The molecule has 0 heterocycles. The number of hydrogen-bond donors (Lipinski definition) is 2. The van der Waals surface area contributed by atoms with Crippen molar-refractivity contribution in [2.24, 2.45) is 0 Å². The molecule has 0 aliphatic carbocycles. The minimum Gasteiger partial charge on any atom is -0.493 e. The number of carbonyl (C=O) groups is 2. The van der Waals surface area contributed by atoms with E-state index in [1.54, 1.807) is 18.2 Å². The van der Waals surface area contributed by atoms with E-state index in [9.17, 15) is 14.9 Å². The normalized spacial score (nSPS) is 10.6. The molecule has 0 aliphatic heterocycles. The van der Waals surface area contributed by atoms with Gasteiger partial charge in [0.25, 0.3) is 5.91 Å². The van der Waals surface area contributed by atoms with Crippen LogP contribution in [0.15, 0.2) is 48.0 Å². The molecule has 2 N–H and O–H groups in total. The predicted octanol–water partition coefficient (Wildman–Crippen LogP) is 2.95. The van der Waals surface area contributed by atoms with Crippen molar-refractivity contribution in [3.05, 3.63) is 59.2 Å². The lowest BCUT2D eigenvalue weighted by Crippen LogP contribution is -2.13. The lowest BCUT2D eigenvalue weighted by Gasteiger charge is -2.08. The number of carbonyl (C=O) groups excluding carboxylic acids is 1. The fourth-order valence-corrected chi connectivity index (χ4v) is 2.15. The molecule has 7 nitrogen and oxygen atoms in total. The SMILES string of the molecule is COc1ccc(/C=C(/C#N)C(=O)Nc2ccc(C(=O)O)cc2)cc1OC. The second-order valence-electron chi connectivity index (χ2n) is 5.12. The minimum absolute atomic E-state index is 0.101. The van der Waals surface area contributed by atoms with E-state index in [1.807, 2.05) is 6.07 Å². The number of nitrogens with one attached hydrogen (secondary N) is 1. The molecule has 0 saturated heterocycles. The molecule has 0 atom stereocenters. The van der Waals surface area contributed by atoms with Gasteiger partial charge in [0.05, 0.1) is 19.8 Å². The molecule has 7 heteroatoms. The summed E-state index contributed by atoms with van der Waals surface area (Å²) >= 11 is 0. The van der Waals surface area contributed by atoms with Crippen LogP contribution in [-0.2, 0) is 4.79 Å². The van der Waals surface area contributed by atoms with Gasteiger partial charge in [-0.3, -0.25) is 4.79 Å². The Labute approximate surface area is 150 Å². The molecule has 0 bridgehead atoms. The van der Waals surface area contributed by atoms with E-state index in [0.717, 1.165) is 0 Å². The third-order valence-electron chi connectivity index (χ3n) is 3.47. The highest BCUT2D eigenvalue weighted by atomic mass is 16.5. The maximum absolute atomic E-state index is 12.3. The highest BCUT2D eigenvalue weighted by Gasteiger charge is 2.11. The van der Waals surface area contributed by atoms with Gasteiger partial charge in [-0.05, 0) is 48.0 Å². The Morgan fingerprint density at radius 2 is 1.73 bits per heavy atom. The van der Waals surface area contributed by atoms with E-state index in [4.69, 9.17) is 14.6 Å². The number of aromatic carboxylic acids is 1. The average Bonchev–Trinajstić information content (AvgIpc) is 2.66. The molecule has 0 spiro atoms. The first-order chi connectivity index (χ1) is 12.5. The molecule has 26 heavy (non-hydrogen) atoms. The van der Waals surface area contributed by atoms with Crippen LogP contribution in [0.4, 0.5) is 5.69 Å². The molecule has 0 aromatic heterocycles. The Morgan fingerprint density at radius 3 is 2.27 bits per heavy atom. The van der Waals surface area contributed by atoms with Crippen LogP contribution in [-0.4, -0.2) is 31.2 Å². The number of carboxylic acids is 1. The van der Waals surface area contributed by atoms with Crippen LogP contribution >= 0.6 is 0 Å². The van der Waals surface area contributed by atoms with E-state index in [-0.39, 0.29) is 11.1 Å². The number of ether oxygens (including phenoxy) is 2. The van der Waals surface area contributed by atoms with Crippen molar-refractivity contribution in [2.75, 3.05) is 19.5 Å². The van der Waals surface area contributed by atoms with Gasteiger partial charge < -0.3 is 19.9 Å². The van der Waals surface area contributed by atoms with Gasteiger partial charge in [-0.2, -0.15) is 5.26 Å². The summed E-state index contributed by atoms with van der Waals surface area (Å²) < 4.78 is 10.3. The second-order valence-corrected chi connectivity index (χ2v) is 5.12. The Hall–Kier alpha value is -3.79. The summed E-state index contributed by atoms with van der Waals surface area (Å²) in [6, 6.07) is 12.5. The highest BCUT2D eigenvalue weighted by Crippen LogP contribution is 2.28. The highest BCUT2D eigenvalue weighted by molar-refractivity contribution is 6.09. The van der Waals surface area contributed by atoms with Crippen LogP contribution in [0.2, 0.25) is 0 Å². The minimum atomic E-state index is -1.06. The summed E-state index contributed by atoms with van der Waals surface area (Å²) in [4.78, 5) is 23.1. The molecule has 0 radical (unpaired) electrons. The third-order valence-corrected chi connectivity index (χ3v) is 3.47. The number of rotatable bonds is 6. The Balaban J connectivity index is 2.21. The van der Waals surface area contributed by atoms with Crippen LogP contribution in [0.3, 0.4) is 0 Å². The molecular formula is C19H16N2O5. The van der Waals surface area contributed by atoms with E-state index >= 15 is 0 Å². The zero-order chi connectivity index (χ0) is 19.1. The number of nitrogens with zero attached hydrogens (tertiary/aromatic N) is 1. The molecule has 1 amide bonds. The first-order valence-electron chi connectivity index (χ1n) is 7.47. The second kappa shape index (κ2) is 8.35. The maximum Gasteiger partial charge on any atom is 0.335 e. The van der Waals surface area contributed by atoms with E-state index in [2.05, 4.69) is 5.32 Å². The summed E-state index contributed by atoms with van der Waals surface area (Å²) in [7, 11) is 3.00. The van der Waals surface area contributed by atoms with Crippen molar-refractivity contribution in [1.29, 1.82) is 5.26 Å². The first-order valence-corrected chi connectivity index (χ1v) is 7.47. The smallest absolute Gasteiger partial charge is 0.335 e. The van der Waals surface area contributed by atoms with Crippen LogP contribution in [0, 0.1) is 11.3 Å². The van der Waals surface area contributed by atoms with Crippen molar-refractivity contribution in [2.45, 2.75) is 0 Å². The van der Waals surface area contributed by atoms with E-state index < -0.39 is 11.9 Å².